The molecule has 5 nitrogen and oxygen atoms in total. The molecular weight excluding hydrogens is 254 g/mol. The van der Waals surface area contributed by atoms with E-state index in [2.05, 4.69) is 10.2 Å². The van der Waals surface area contributed by atoms with Gasteiger partial charge in [-0.25, -0.2) is 0 Å². The summed E-state index contributed by atoms with van der Waals surface area (Å²) in [5.41, 5.74) is 6.88. The second kappa shape index (κ2) is 7.38. The van der Waals surface area contributed by atoms with Crippen LogP contribution in [0.15, 0.2) is 24.3 Å². The number of aliphatic hydroxyl groups excluding tert-OH is 1. The Morgan fingerprint density at radius 3 is 3.00 bits per heavy atom. The van der Waals surface area contributed by atoms with Gasteiger partial charge >= 0.3 is 0 Å². The standard InChI is InChI=1S/C15H23N3O2/c16-15(20)13-4-1-3-12(9-13)10-18(7-8-19)11-14-5-2-6-17-14/h1,3-4,9,14,17,19H,2,5-8,10-11H2,(H2,16,20). The predicted octanol–water partition coefficient (Wildman–Crippen LogP) is 0.332. The van der Waals surface area contributed by atoms with Crippen LogP contribution in [-0.2, 0) is 6.54 Å². The number of amides is 1. The largest absolute Gasteiger partial charge is 0.395 e. The second-order valence-electron chi connectivity index (χ2n) is 5.32. The fraction of sp³-hybridized carbons (Fsp3) is 0.533. The number of hydrogen-bond acceptors (Lipinski definition) is 4. The van der Waals surface area contributed by atoms with Crippen molar-refractivity contribution in [2.24, 2.45) is 5.73 Å². The summed E-state index contributed by atoms with van der Waals surface area (Å²) in [5.74, 6) is -0.405. The molecule has 0 bridgehead atoms. The van der Waals surface area contributed by atoms with Gasteiger partial charge in [-0.1, -0.05) is 12.1 Å². The van der Waals surface area contributed by atoms with Crippen molar-refractivity contribution in [1.29, 1.82) is 0 Å². The van der Waals surface area contributed by atoms with Crippen molar-refractivity contribution >= 4 is 5.91 Å². The van der Waals surface area contributed by atoms with Crippen LogP contribution in [0.1, 0.15) is 28.8 Å². The topological polar surface area (TPSA) is 78.6 Å². The van der Waals surface area contributed by atoms with Crippen molar-refractivity contribution in [2.45, 2.75) is 25.4 Å². The van der Waals surface area contributed by atoms with Crippen LogP contribution in [0.25, 0.3) is 0 Å². The quantitative estimate of drug-likeness (QED) is 0.671. The SMILES string of the molecule is NC(=O)c1cccc(CN(CCO)CC2CCCN2)c1. The predicted molar refractivity (Wildman–Crippen MR) is 78.3 cm³/mol. The van der Waals surface area contributed by atoms with Crippen LogP contribution in [0.2, 0.25) is 0 Å². The van der Waals surface area contributed by atoms with Crippen LogP contribution in [0.5, 0.6) is 0 Å². The van der Waals surface area contributed by atoms with Crippen molar-refractivity contribution in [3.8, 4) is 0 Å². The number of nitrogens with zero attached hydrogens (tertiary/aromatic N) is 1. The van der Waals surface area contributed by atoms with E-state index in [1.807, 2.05) is 18.2 Å². The van der Waals surface area contributed by atoms with Gasteiger partial charge in [-0.3, -0.25) is 9.69 Å². The van der Waals surface area contributed by atoms with Gasteiger partial charge in [0, 0.05) is 31.2 Å². The Kier molecular flexibility index (Phi) is 5.52. The smallest absolute Gasteiger partial charge is 0.248 e. The molecule has 0 aliphatic carbocycles. The molecule has 5 heteroatoms. The third-order valence-electron chi connectivity index (χ3n) is 3.67. The average molecular weight is 277 g/mol. The van der Waals surface area contributed by atoms with Crippen molar-refractivity contribution in [1.82, 2.24) is 10.2 Å². The van der Waals surface area contributed by atoms with Gasteiger partial charge in [0.15, 0.2) is 0 Å². The summed E-state index contributed by atoms with van der Waals surface area (Å²) in [4.78, 5) is 13.4. The van der Waals surface area contributed by atoms with Gasteiger partial charge in [-0.15, -0.1) is 0 Å². The Balaban J connectivity index is 1.99. The van der Waals surface area contributed by atoms with Crippen LogP contribution >= 0.6 is 0 Å². The molecule has 1 aromatic carbocycles. The number of nitrogens with one attached hydrogen (secondary N) is 1. The summed E-state index contributed by atoms with van der Waals surface area (Å²) in [6.45, 7) is 3.50. The fourth-order valence-electron chi connectivity index (χ4n) is 2.68. The summed E-state index contributed by atoms with van der Waals surface area (Å²) < 4.78 is 0. The minimum Gasteiger partial charge on any atom is -0.395 e. The first-order valence-electron chi connectivity index (χ1n) is 7.14. The third-order valence-corrected chi connectivity index (χ3v) is 3.67. The molecule has 1 aliphatic rings. The summed E-state index contributed by atoms with van der Waals surface area (Å²) >= 11 is 0. The number of nitrogens with two attached hydrogens (primary N) is 1. The maximum absolute atomic E-state index is 11.2. The van der Waals surface area contributed by atoms with Gasteiger partial charge in [-0.05, 0) is 37.1 Å². The molecular formula is C15H23N3O2. The molecule has 0 spiro atoms. The zero-order valence-corrected chi connectivity index (χ0v) is 11.7. The van der Waals surface area contributed by atoms with Gasteiger partial charge in [0.2, 0.25) is 5.91 Å². The first kappa shape index (κ1) is 15.0. The molecule has 1 aromatic rings. The molecule has 1 amide bonds. The van der Waals surface area contributed by atoms with E-state index in [-0.39, 0.29) is 6.61 Å². The molecule has 4 N–H and O–H groups in total. The van der Waals surface area contributed by atoms with Gasteiger partial charge in [-0.2, -0.15) is 0 Å². The van der Waals surface area contributed by atoms with Crippen LogP contribution in [-0.4, -0.2) is 48.2 Å². The van der Waals surface area contributed by atoms with Crippen molar-refractivity contribution in [3.05, 3.63) is 35.4 Å². The molecule has 1 aliphatic heterocycles. The summed E-state index contributed by atoms with van der Waals surface area (Å²) in [5, 5.41) is 12.7. The first-order valence-corrected chi connectivity index (χ1v) is 7.14. The number of rotatable bonds is 7. The van der Waals surface area contributed by atoms with Crippen LogP contribution in [0, 0.1) is 0 Å². The average Bonchev–Trinajstić information content (AvgIpc) is 2.92. The Morgan fingerprint density at radius 2 is 2.35 bits per heavy atom. The van der Waals surface area contributed by atoms with E-state index in [1.54, 1.807) is 6.07 Å². The van der Waals surface area contributed by atoms with E-state index in [4.69, 9.17) is 5.73 Å². The highest BCUT2D eigenvalue weighted by Gasteiger charge is 2.18. The third kappa shape index (κ3) is 4.30. The molecule has 20 heavy (non-hydrogen) atoms. The van der Waals surface area contributed by atoms with E-state index in [0.717, 1.165) is 25.2 Å². The Hall–Kier alpha value is -1.43. The Morgan fingerprint density at radius 1 is 1.50 bits per heavy atom. The number of hydrogen-bond donors (Lipinski definition) is 3. The number of benzene rings is 1. The highest BCUT2D eigenvalue weighted by Crippen LogP contribution is 2.11. The van der Waals surface area contributed by atoms with Crippen molar-refractivity contribution in [3.63, 3.8) is 0 Å². The summed E-state index contributed by atoms with van der Waals surface area (Å²) in [6, 6.07) is 7.88. The molecule has 1 saturated heterocycles. The van der Waals surface area contributed by atoms with Crippen molar-refractivity contribution in [2.75, 3.05) is 26.2 Å². The van der Waals surface area contributed by atoms with E-state index in [0.29, 0.717) is 18.2 Å². The molecule has 110 valence electrons. The maximum atomic E-state index is 11.2. The molecule has 1 heterocycles. The van der Waals surface area contributed by atoms with E-state index in [1.165, 1.54) is 12.8 Å². The highest BCUT2D eigenvalue weighted by molar-refractivity contribution is 5.92. The molecule has 1 fully saturated rings. The van der Waals surface area contributed by atoms with Gasteiger partial charge in [0.25, 0.3) is 0 Å². The lowest BCUT2D eigenvalue weighted by Crippen LogP contribution is -2.38. The number of primary amides is 1. The van der Waals surface area contributed by atoms with Crippen LogP contribution in [0.3, 0.4) is 0 Å². The molecule has 2 rings (SSSR count). The lowest BCUT2D eigenvalue weighted by atomic mass is 10.1. The van der Waals surface area contributed by atoms with Crippen molar-refractivity contribution < 1.29 is 9.90 Å². The zero-order chi connectivity index (χ0) is 14.4. The number of aliphatic hydroxyl groups is 1. The number of carbonyl (C=O) groups excluding carboxylic acids is 1. The zero-order valence-electron chi connectivity index (χ0n) is 11.7. The lowest BCUT2D eigenvalue weighted by Gasteiger charge is -2.25. The second-order valence-corrected chi connectivity index (χ2v) is 5.32. The Bertz CT molecular complexity index is 444. The normalized spacial score (nSPS) is 18.6. The minimum absolute atomic E-state index is 0.141. The number of carbonyl (C=O) groups is 1. The van der Waals surface area contributed by atoms with E-state index < -0.39 is 5.91 Å². The van der Waals surface area contributed by atoms with Gasteiger partial charge in [0.1, 0.15) is 0 Å². The van der Waals surface area contributed by atoms with E-state index in [9.17, 15) is 9.90 Å². The lowest BCUT2D eigenvalue weighted by molar-refractivity contribution is 0.1000. The first-order chi connectivity index (χ1) is 9.69. The molecule has 0 saturated carbocycles. The fourth-order valence-corrected chi connectivity index (χ4v) is 2.68. The molecule has 0 aromatic heterocycles. The minimum atomic E-state index is -0.405. The van der Waals surface area contributed by atoms with Gasteiger partial charge < -0.3 is 16.2 Å². The van der Waals surface area contributed by atoms with Crippen LogP contribution < -0.4 is 11.1 Å². The van der Waals surface area contributed by atoms with Gasteiger partial charge in [0.05, 0.1) is 6.61 Å². The molecule has 1 unspecified atom stereocenters. The summed E-state index contributed by atoms with van der Waals surface area (Å²) in [7, 11) is 0. The Labute approximate surface area is 119 Å². The molecule has 0 radical (unpaired) electrons. The summed E-state index contributed by atoms with van der Waals surface area (Å²) in [6.07, 6.45) is 2.40. The highest BCUT2D eigenvalue weighted by atomic mass is 16.3. The van der Waals surface area contributed by atoms with Crippen LogP contribution in [0.4, 0.5) is 0 Å². The monoisotopic (exact) mass is 277 g/mol. The molecule has 1 atom stereocenters. The van der Waals surface area contributed by atoms with E-state index >= 15 is 0 Å². The maximum Gasteiger partial charge on any atom is 0.248 e.